The van der Waals surface area contributed by atoms with Crippen molar-refractivity contribution in [3.63, 3.8) is 0 Å². The van der Waals surface area contributed by atoms with Crippen molar-refractivity contribution in [1.29, 1.82) is 0 Å². The lowest BCUT2D eigenvalue weighted by Crippen LogP contribution is -2.39. The molecule has 0 fully saturated rings. The monoisotopic (exact) mass is 373 g/mol. The standard InChI is InChI=1S/C21H28ClN3O/c1-4-25(5-2)16(3)14-23-15-17-9-8-10-18(13-17)24-21(26)19-11-6-7-12-20(19)22/h6-13,16,23H,4-5,14-15H2,1-3H3,(H,24,26). The van der Waals surface area contributed by atoms with Crippen molar-refractivity contribution in [3.8, 4) is 0 Å². The maximum absolute atomic E-state index is 12.4. The number of halogens is 1. The molecule has 1 unspecified atom stereocenters. The van der Waals surface area contributed by atoms with Gasteiger partial charge in [-0.05, 0) is 49.8 Å². The number of benzene rings is 2. The Morgan fingerprint density at radius 3 is 2.54 bits per heavy atom. The number of rotatable bonds is 9. The molecule has 2 aromatic rings. The van der Waals surface area contributed by atoms with Crippen molar-refractivity contribution in [1.82, 2.24) is 10.2 Å². The Morgan fingerprint density at radius 1 is 1.12 bits per heavy atom. The molecule has 0 aliphatic rings. The summed E-state index contributed by atoms with van der Waals surface area (Å²) in [6.45, 7) is 10.4. The fourth-order valence-electron chi connectivity index (χ4n) is 3.00. The quantitative estimate of drug-likeness (QED) is 0.684. The highest BCUT2D eigenvalue weighted by Crippen LogP contribution is 2.18. The van der Waals surface area contributed by atoms with Gasteiger partial charge in [0.25, 0.3) is 5.91 Å². The Balaban J connectivity index is 1.91. The van der Waals surface area contributed by atoms with Crippen LogP contribution in [0.15, 0.2) is 48.5 Å². The minimum Gasteiger partial charge on any atom is -0.322 e. The van der Waals surface area contributed by atoms with E-state index in [1.165, 1.54) is 0 Å². The topological polar surface area (TPSA) is 44.4 Å². The second kappa shape index (κ2) is 10.3. The molecule has 0 aromatic heterocycles. The van der Waals surface area contributed by atoms with Gasteiger partial charge in [0, 0.05) is 24.8 Å². The Morgan fingerprint density at radius 2 is 1.85 bits per heavy atom. The summed E-state index contributed by atoms with van der Waals surface area (Å²) >= 11 is 6.09. The zero-order valence-electron chi connectivity index (χ0n) is 15.8. The van der Waals surface area contributed by atoms with Crippen LogP contribution in [-0.4, -0.2) is 36.5 Å². The van der Waals surface area contributed by atoms with Gasteiger partial charge < -0.3 is 10.6 Å². The molecule has 0 aliphatic heterocycles. The molecule has 0 heterocycles. The summed E-state index contributed by atoms with van der Waals surface area (Å²) in [6, 6.07) is 15.4. The summed E-state index contributed by atoms with van der Waals surface area (Å²) in [7, 11) is 0. The van der Waals surface area contributed by atoms with Crippen molar-refractivity contribution in [2.75, 3.05) is 25.0 Å². The summed E-state index contributed by atoms with van der Waals surface area (Å²) in [5, 5.41) is 6.86. The Kier molecular flexibility index (Phi) is 8.10. The molecule has 1 amide bonds. The highest BCUT2D eigenvalue weighted by molar-refractivity contribution is 6.34. The van der Waals surface area contributed by atoms with Crippen LogP contribution in [0.25, 0.3) is 0 Å². The van der Waals surface area contributed by atoms with Crippen molar-refractivity contribution in [2.24, 2.45) is 0 Å². The minimum absolute atomic E-state index is 0.198. The molecule has 26 heavy (non-hydrogen) atoms. The summed E-state index contributed by atoms with van der Waals surface area (Å²) in [6.07, 6.45) is 0. The third kappa shape index (κ3) is 5.84. The average molecular weight is 374 g/mol. The van der Waals surface area contributed by atoms with Gasteiger partial charge in [-0.25, -0.2) is 0 Å². The minimum atomic E-state index is -0.198. The van der Waals surface area contributed by atoms with Gasteiger partial charge in [0.15, 0.2) is 0 Å². The lowest BCUT2D eigenvalue weighted by Gasteiger charge is -2.26. The summed E-state index contributed by atoms with van der Waals surface area (Å²) in [5.74, 6) is -0.198. The van der Waals surface area contributed by atoms with E-state index in [9.17, 15) is 4.79 Å². The number of likely N-dealkylation sites (N-methyl/N-ethyl adjacent to an activating group) is 1. The van der Waals surface area contributed by atoms with E-state index in [0.717, 1.165) is 37.4 Å². The zero-order chi connectivity index (χ0) is 18.9. The third-order valence-corrected chi connectivity index (χ3v) is 4.84. The number of nitrogens with one attached hydrogen (secondary N) is 2. The molecule has 0 radical (unpaired) electrons. The molecular formula is C21H28ClN3O. The first kappa shape index (κ1) is 20.4. The highest BCUT2D eigenvalue weighted by atomic mass is 35.5. The summed E-state index contributed by atoms with van der Waals surface area (Å²) < 4.78 is 0. The van der Waals surface area contributed by atoms with Crippen molar-refractivity contribution in [2.45, 2.75) is 33.4 Å². The number of anilines is 1. The van der Waals surface area contributed by atoms with Gasteiger partial charge in [0.2, 0.25) is 0 Å². The second-order valence-corrected chi connectivity index (χ2v) is 6.74. The molecule has 140 valence electrons. The number of amides is 1. The lowest BCUT2D eigenvalue weighted by molar-refractivity contribution is 0.102. The summed E-state index contributed by atoms with van der Waals surface area (Å²) in [5.41, 5.74) is 2.38. The Bertz CT molecular complexity index is 716. The molecule has 2 rings (SSSR count). The zero-order valence-corrected chi connectivity index (χ0v) is 16.5. The molecule has 0 spiro atoms. The number of hydrogen-bond donors (Lipinski definition) is 2. The molecule has 1 atom stereocenters. The molecule has 2 aromatic carbocycles. The van der Waals surface area contributed by atoms with Gasteiger partial charge in [-0.3, -0.25) is 9.69 Å². The van der Waals surface area contributed by atoms with Crippen molar-refractivity contribution in [3.05, 3.63) is 64.7 Å². The fourth-order valence-corrected chi connectivity index (χ4v) is 3.23. The van der Waals surface area contributed by atoms with E-state index in [0.29, 0.717) is 16.6 Å². The number of carbonyl (C=O) groups excluding carboxylic acids is 1. The SMILES string of the molecule is CCN(CC)C(C)CNCc1cccc(NC(=O)c2ccccc2Cl)c1. The first-order valence-corrected chi connectivity index (χ1v) is 9.52. The molecule has 0 saturated heterocycles. The molecule has 0 saturated carbocycles. The lowest BCUT2D eigenvalue weighted by atomic mass is 10.1. The van der Waals surface area contributed by atoms with Gasteiger partial charge in [-0.2, -0.15) is 0 Å². The third-order valence-electron chi connectivity index (χ3n) is 4.51. The second-order valence-electron chi connectivity index (χ2n) is 6.34. The molecular weight excluding hydrogens is 346 g/mol. The van der Waals surface area contributed by atoms with Crippen LogP contribution in [0.3, 0.4) is 0 Å². The van der Waals surface area contributed by atoms with Gasteiger partial charge in [-0.15, -0.1) is 0 Å². The van der Waals surface area contributed by atoms with E-state index in [1.54, 1.807) is 18.2 Å². The molecule has 2 N–H and O–H groups in total. The smallest absolute Gasteiger partial charge is 0.257 e. The average Bonchev–Trinajstić information content (AvgIpc) is 2.63. The fraction of sp³-hybridized carbons (Fsp3) is 0.381. The van der Waals surface area contributed by atoms with Crippen LogP contribution in [0, 0.1) is 0 Å². The first-order chi connectivity index (χ1) is 12.5. The predicted molar refractivity (Wildman–Crippen MR) is 110 cm³/mol. The van der Waals surface area contributed by atoms with E-state index in [2.05, 4.69) is 42.4 Å². The molecule has 0 bridgehead atoms. The van der Waals surface area contributed by atoms with E-state index in [1.807, 2.05) is 24.3 Å². The van der Waals surface area contributed by atoms with Gasteiger partial charge in [-0.1, -0.05) is 49.7 Å². The van der Waals surface area contributed by atoms with E-state index < -0.39 is 0 Å². The normalized spacial score (nSPS) is 12.2. The van der Waals surface area contributed by atoms with Gasteiger partial charge in [0.1, 0.15) is 0 Å². The number of hydrogen-bond acceptors (Lipinski definition) is 3. The van der Waals surface area contributed by atoms with E-state index >= 15 is 0 Å². The Hall–Kier alpha value is -1.88. The van der Waals surface area contributed by atoms with Gasteiger partial charge >= 0.3 is 0 Å². The van der Waals surface area contributed by atoms with Crippen LogP contribution in [0.4, 0.5) is 5.69 Å². The molecule has 0 aliphatic carbocycles. The van der Waals surface area contributed by atoms with E-state index in [4.69, 9.17) is 11.6 Å². The number of carbonyl (C=O) groups is 1. The van der Waals surface area contributed by atoms with Crippen LogP contribution < -0.4 is 10.6 Å². The highest BCUT2D eigenvalue weighted by Gasteiger charge is 2.11. The largest absolute Gasteiger partial charge is 0.322 e. The van der Waals surface area contributed by atoms with Crippen LogP contribution in [0.5, 0.6) is 0 Å². The van der Waals surface area contributed by atoms with Gasteiger partial charge in [0.05, 0.1) is 10.6 Å². The molecule has 5 heteroatoms. The van der Waals surface area contributed by atoms with Crippen LogP contribution in [0.1, 0.15) is 36.7 Å². The predicted octanol–water partition coefficient (Wildman–Crippen LogP) is 4.41. The first-order valence-electron chi connectivity index (χ1n) is 9.14. The Labute approximate surface area is 161 Å². The number of nitrogens with zero attached hydrogens (tertiary/aromatic N) is 1. The summed E-state index contributed by atoms with van der Waals surface area (Å²) in [4.78, 5) is 14.8. The molecule has 4 nitrogen and oxygen atoms in total. The van der Waals surface area contributed by atoms with Crippen molar-refractivity contribution >= 4 is 23.2 Å². The maximum atomic E-state index is 12.4. The van der Waals surface area contributed by atoms with Crippen LogP contribution in [-0.2, 0) is 6.54 Å². The van der Waals surface area contributed by atoms with Crippen LogP contribution in [0.2, 0.25) is 5.02 Å². The van der Waals surface area contributed by atoms with E-state index in [-0.39, 0.29) is 5.91 Å². The van der Waals surface area contributed by atoms with Crippen molar-refractivity contribution < 1.29 is 4.79 Å². The maximum Gasteiger partial charge on any atom is 0.257 e. The van der Waals surface area contributed by atoms with Crippen LogP contribution >= 0.6 is 11.6 Å².